The number of methoxy groups -OCH3 is 1. The van der Waals surface area contributed by atoms with Gasteiger partial charge < -0.3 is 10.1 Å². The van der Waals surface area contributed by atoms with Crippen molar-refractivity contribution in [2.75, 3.05) is 13.7 Å². The normalized spacial score (nSPS) is 40.3. The molecule has 0 unspecified atom stereocenters. The van der Waals surface area contributed by atoms with Crippen molar-refractivity contribution in [3.05, 3.63) is 0 Å². The molecule has 1 N–H and O–H groups in total. The minimum atomic E-state index is -0.115. The molecule has 4 fully saturated rings. The lowest BCUT2D eigenvalue weighted by Crippen LogP contribution is -2.50. The Bertz CT molecular complexity index is 298. The van der Waals surface area contributed by atoms with Gasteiger partial charge in [0, 0.05) is 12.6 Å². The third-order valence-electron chi connectivity index (χ3n) is 5.36. The van der Waals surface area contributed by atoms with Crippen molar-refractivity contribution in [1.29, 1.82) is 0 Å². The van der Waals surface area contributed by atoms with Gasteiger partial charge in [-0.2, -0.15) is 0 Å². The molecule has 0 atom stereocenters. The molecule has 0 heterocycles. The Kier molecular flexibility index (Phi) is 2.69. The smallest absolute Gasteiger partial charge is 0.311 e. The van der Waals surface area contributed by atoms with Crippen LogP contribution < -0.4 is 5.32 Å². The first-order valence-corrected chi connectivity index (χ1v) is 7.00. The Morgan fingerprint density at radius 3 is 2.24 bits per heavy atom. The highest BCUT2D eigenvalue weighted by Crippen LogP contribution is 2.57. The van der Waals surface area contributed by atoms with Gasteiger partial charge in [0.2, 0.25) is 0 Å². The lowest BCUT2D eigenvalue weighted by atomic mass is 9.53. The molecule has 17 heavy (non-hydrogen) atoms. The predicted octanol–water partition coefficient (Wildman–Crippen LogP) is 2.25. The van der Waals surface area contributed by atoms with E-state index in [4.69, 9.17) is 4.74 Å². The summed E-state index contributed by atoms with van der Waals surface area (Å²) in [6.07, 6.45) is 9.50. The van der Waals surface area contributed by atoms with Gasteiger partial charge in [-0.3, -0.25) is 4.79 Å². The number of fused-ring (bicyclic) bond motifs is 3. The van der Waals surface area contributed by atoms with E-state index in [1.165, 1.54) is 45.8 Å². The number of ether oxygens (including phenoxy) is 1. The molecule has 2 bridgehead atoms. The van der Waals surface area contributed by atoms with Crippen LogP contribution in [0.4, 0.5) is 0 Å². The molecule has 0 aromatic heterocycles. The molecule has 0 radical (unpaired) electrons. The third-order valence-corrected chi connectivity index (χ3v) is 5.36. The quantitative estimate of drug-likeness (QED) is 0.762. The van der Waals surface area contributed by atoms with Crippen LogP contribution in [-0.4, -0.2) is 25.7 Å². The second-order valence-electron chi connectivity index (χ2n) is 6.43. The minimum Gasteiger partial charge on any atom is -0.469 e. The highest BCUT2D eigenvalue weighted by molar-refractivity contribution is 5.77. The minimum absolute atomic E-state index is 0.0425. The molecule has 4 rings (SSSR count). The Balaban J connectivity index is 1.62. The summed E-state index contributed by atoms with van der Waals surface area (Å²) in [5, 5.41) is 3.68. The summed E-state index contributed by atoms with van der Waals surface area (Å²) in [6.45, 7) is 1.18. The monoisotopic (exact) mass is 237 g/mol. The molecule has 96 valence electrons. The molecule has 0 spiro atoms. The summed E-state index contributed by atoms with van der Waals surface area (Å²) in [7, 11) is 1.53. The molecule has 0 aromatic rings. The van der Waals surface area contributed by atoms with Gasteiger partial charge in [0.25, 0.3) is 0 Å². The second kappa shape index (κ2) is 3.98. The first-order chi connectivity index (χ1) is 8.18. The van der Waals surface area contributed by atoms with Crippen LogP contribution in [-0.2, 0) is 9.53 Å². The summed E-state index contributed by atoms with van der Waals surface area (Å²) >= 11 is 0. The van der Waals surface area contributed by atoms with Crippen molar-refractivity contribution in [3.8, 4) is 0 Å². The van der Waals surface area contributed by atoms with Crippen LogP contribution in [0.15, 0.2) is 0 Å². The molecule has 4 aliphatic rings. The number of carbonyl (C=O) groups is 1. The first kappa shape index (κ1) is 11.5. The summed E-state index contributed by atoms with van der Waals surface area (Å²) in [6, 6.07) is 0.804. The Labute approximate surface area is 103 Å². The molecule has 3 nitrogen and oxygen atoms in total. The van der Waals surface area contributed by atoms with Gasteiger partial charge in [-0.05, 0) is 56.8 Å². The van der Waals surface area contributed by atoms with Crippen LogP contribution in [0.3, 0.4) is 0 Å². The van der Waals surface area contributed by atoms with Gasteiger partial charge in [-0.25, -0.2) is 0 Å². The van der Waals surface area contributed by atoms with Crippen molar-refractivity contribution in [2.24, 2.45) is 10.8 Å². The second-order valence-corrected chi connectivity index (χ2v) is 6.43. The maximum Gasteiger partial charge on any atom is 0.311 e. The van der Waals surface area contributed by atoms with E-state index >= 15 is 0 Å². The van der Waals surface area contributed by atoms with Gasteiger partial charge in [0.15, 0.2) is 0 Å². The van der Waals surface area contributed by atoms with E-state index in [9.17, 15) is 4.79 Å². The van der Waals surface area contributed by atoms with E-state index < -0.39 is 0 Å². The summed E-state index contributed by atoms with van der Waals surface area (Å²) in [5.74, 6) is 0.0425. The highest BCUT2D eigenvalue weighted by atomic mass is 16.5. The lowest BCUT2D eigenvalue weighted by Gasteiger charge is -2.52. The van der Waals surface area contributed by atoms with Gasteiger partial charge in [0.05, 0.1) is 12.5 Å². The van der Waals surface area contributed by atoms with Crippen LogP contribution in [0.1, 0.15) is 51.4 Å². The number of hydrogen-bond acceptors (Lipinski definition) is 3. The lowest BCUT2D eigenvalue weighted by molar-refractivity contribution is -0.162. The van der Waals surface area contributed by atoms with Crippen molar-refractivity contribution in [3.63, 3.8) is 0 Å². The van der Waals surface area contributed by atoms with Gasteiger partial charge in [-0.1, -0.05) is 0 Å². The largest absolute Gasteiger partial charge is 0.469 e. The number of carbonyl (C=O) groups excluding carboxylic acids is 1. The molecule has 0 aromatic carbocycles. The maximum absolute atomic E-state index is 11.9. The van der Waals surface area contributed by atoms with Gasteiger partial charge in [0.1, 0.15) is 0 Å². The van der Waals surface area contributed by atoms with Crippen molar-refractivity contribution < 1.29 is 9.53 Å². The van der Waals surface area contributed by atoms with Gasteiger partial charge >= 0.3 is 5.97 Å². The maximum atomic E-state index is 11.9. The molecule has 0 amide bonds. The zero-order valence-electron chi connectivity index (χ0n) is 10.8. The van der Waals surface area contributed by atoms with Crippen LogP contribution in [0.25, 0.3) is 0 Å². The molecule has 4 saturated carbocycles. The molecule has 0 aliphatic heterocycles. The van der Waals surface area contributed by atoms with E-state index in [1.54, 1.807) is 0 Å². The Morgan fingerprint density at radius 1 is 1.18 bits per heavy atom. The van der Waals surface area contributed by atoms with Crippen molar-refractivity contribution >= 4 is 5.97 Å². The average Bonchev–Trinajstić information content (AvgIpc) is 3.22. The fourth-order valence-electron chi connectivity index (χ4n) is 3.70. The number of rotatable bonds is 4. The van der Waals surface area contributed by atoms with Crippen LogP contribution in [0.2, 0.25) is 0 Å². The summed E-state index contributed by atoms with van der Waals surface area (Å²) in [4.78, 5) is 11.9. The highest BCUT2D eigenvalue weighted by Gasteiger charge is 2.52. The summed E-state index contributed by atoms with van der Waals surface area (Å²) in [5.41, 5.74) is 0.383. The number of esters is 1. The predicted molar refractivity (Wildman–Crippen MR) is 65.6 cm³/mol. The Hall–Kier alpha value is -0.570. The Morgan fingerprint density at radius 2 is 1.76 bits per heavy atom. The summed E-state index contributed by atoms with van der Waals surface area (Å²) < 4.78 is 5.00. The van der Waals surface area contributed by atoms with Crippen LogP contribution in [0, 0.1) is 10.8 Å². The SMILES string of the molecule is COC(=O)C12CCC(CNC3CC3)(CC1)CC2. The molecular formula is C14H23NO2. The van der Waals surface area contributed by atoms with Crippen LogP contribution >= 0.6 is 0 Å². The zero-order chi connectivity index (χ0) is 11.9. The molecule has 3 heteroatoms. The van der Waals surface area contributed by atoms with E-state index in [2.05, 4.69) is 5.32 Å². The molecule has 0 saturated heterocycles. The molecule has 4 aliphatic carbocycles. The van der Waals surface area contributed by atoms with E-state index in [0.717, 1.165) is 25.3 Å². The standard InChI is InChI=1S/C14H23NO2/c1-17-12(16)14-7-4-13(5-8-14,6-9-14)10-15-11-2-3-11/h11,15H,2-10H2,1H3. The van der Waals surface area contributed by atoms with E-state index in [0.29, 0.717) is 5.41 Å². The first-order valence-electron chi connectivity index (χ1n) is 7.00. The van der Waals surface area contributed by atoms with Crippen molar-refractivity contribution in [2.45, 2.75) is 57.4 Å². The molecular weight excluding hydrogens is 214 g/mol. The van der Waals surface area contributed by atoms with Gasteiger partial charge in [-0.15, -0.1) is 0 Å². The average molecular weight is 237 g/mol. The van der Waals surface area contributed by atoms with Crippen LogP contribution in [0.5, 0.6) is 0 Å². The van der Waals surface area contributed by atoms with Crippen molar-refractivity contribution in [1.82, 2.24) is 5.32 Å². The van der Waals surface area contributed by atoms with E-state index in [-0.39, 0.29) is 11.4 Å². The number of hydrogen-bond donors (Lipinski definition) is 1. The zero-order valence-corrected chi connectivity index (χ0v) is 10.8. The fourth-order valence-corrected chi connectivity index (χ4v) is 3.70. The van der Waals surface area contributed by atoms with E-state index in [1.807, 2.05) is 0 Å². The number of nitrogens with one attached hydrogen (secondary N) is 1. The topological polar surface area (TPSA) is 38.3 Å². The third kappa shape index (κ3) is 1.99. The fraction of sp³-hybridized carbons (Fsp3) is 0.929.